The highest BCUT2D eigenvalue weighted by Gasteiger charge is 2.30. The number of aliphatic imine (C=N–C) groups is 1. The largest absolute Gasteiger partial charge is 0.497 e. The molecule has 0 saturated carbocycles. The van der Waals surface area contributed by atoms with Gasteiger partial charge in [-0.1, -0.05) is 30.3 Å². The molecule has 0 spiro atoms. The lowest BCUT2D eigenvalue weighted by atomic mass is 9.95. The van der Waals surface area contributed by atoms with Crippen molar-refractivity contribution in [2.24, 2.45) is 10.9 Å². The molecule has 2 aromatic rings. The van der Waals surface area contributed by atoms with E-state index in [0.717, 1.165) is 64.0 Å². The standard InChI is InChI=1S/C25H34N4O2.HI/c1-3-26-25(27-19-21-13-18-31-24(21)20-7-5-4-6-8-20)29-16-14-28(15-17-29)22-9-11-23(30-2)12-10-22;/h4-12,21,24H,3,13-19H2,1-2H3,(H,26,27);1H. The van der Waals surface area contributed by atoms with E-state index >= 15 is 0 Å². The van der Waals surface area contributed by atoms with Gasteiger partial charge >= 0.3 is 0 Å². The summed E-state index contributed by atoms with van der Waals surface area (Å²) in [6.07, 6.45) is 1.22. The first kappa shape index (κ1) is 24.6. The Morgan fingerprint density at radius 2 is 1.78 bits per heavy atom. The Bertz CT molecular complexity index is 839. The molecule has 2 fully saturated rings. The molecule has 7 heteroatoms. The first-order valence-electron chi connectivity index (χ1n) is 11.4. The van der Waals surface area contributed by atoms with Crippen molar-refractivity contribution in [2.45, 2.75) is 19.4 Å². The van der Waals surface area contributed by atoms with Crippen LogP contribution in [0.3, 0.4) is 0 Å². The third-order valence-corrected chi connectivity index (χ3v) is 6.17. The van der Waals surface area contributed by atoms with E-state index in [0.29, 0.717) is 5.92 Å². The fourth-order valence-electron chi connectivity index (χ4n) is 4.43. The number of benzene rings is 2. The van der Waals surface area contributed by atoms with E-state index in [2.05, 4.69) is 64.5 Å². The molecule has 1 N–H and O–H groups in total. The van der Waals surface area contributed by atoms with Crippen molar-refractivity contribution >= 4 is 35.6 Å². The Kier molecular flexibility index (Phi) is 9.47. The number of piperazine rings is 1. The minimum Gasteiger partial charge on any atom is -0.497 e. The van der Waals surface area contributed by atoms with Gasteiger partial charge in [0.25, 0.3) is 0 Å². The normalized spacial score (nSPS) is 21.2. The van der Waals surface area contributed by atoms with Gasteiger partial charge in [0.1, 0.15) is 5.75 Å². The topological polar surface area (TPSA) is 49.3 Å². The number of anilines is 1. The third-order valence-electron chi connectivity index (χ3n) is 6.17. The molecule has 0 amide bonds. The summed E-state index contributed by atoms with van der Waals surface area (Å²) in [5.74, 6) is 2.35. The second-order valence-corrected chi connectivity index (χ2v) is 8.12. The van der Waals surface area contributed by atoms with Gasteiger partial charge in [-0.05, 0) is 43.2 Å². The summed E-state index contributed by atoms with van der Waals surface area (Å²) in [6, 6.07) is 18.9. The van der Waals surface area contributed by atoms with Crippen molar-refractivity contribution in [3.63, 3.8) is 0 Å². The van der Waals surface area contributed by atoms with E-state index in [1.165, 1.54) is 11.3 Å². The van der Waals surface area contributed by atoms with Gasteiger partial charge in [-0.2, -0.15) is 0 Å². The Balaban J connectivity index is 0.00000289. The molecule has 2 aliphatic heterocycles. The van der Waals surface area contributed by atoms with Crippen LogP contribution in [0, 0.1) is 5.92 Å². The summed E-state index contributed by atoms with van der Waals surface area (Å²) < 4.78 is 11.3. The zero-order valence-corrected chi connectivity index (χ0v) is 21.4. The molecule has 32 heavy (non-hydrogen) atoms. The number of nitrogens with zero attached hydrogens (tertiary/aromatic N) is 3. The van der Waals surface area contributed by atoms with Crippen LogP contribution in [0.4, 0.5) is 5.69 Å². The Hall–Kier alpha value is -2.00. The Labute approximate surface area is 209 Å². The number of methoxy groups -OCH3 is 1. The highest BCUT2D eigenvalue weighted by Crippen LogP contribution is 2.34. The number of nitrogens with one attached hydrogen (secondary N) is 1. The maximum atomic E-state index is 6.05. The van der Waals surface area contributed by atoms with Gasteiger partial charge in [-0.25, -0.2) is 0 Å². The van der Waals surface area contributed by atoms with Crippen LogP contribution in [0.1, 0.15) is 25.0 Å². The zero-order valence-electron chi connectivity index (χ0n) is 19.1. The number of halogens is 1. The Morgan fingerprint density at radius 1 is 1.06 bits per heavy atom. The van der Waals surface area contributed by atoms with Crippen molar-refractivity contribution in [3.05, 3.63) is 60.2 Å². The molecule has 2 aliphatic rings. The van der Waals surface area contributed by atoms with Gasteiger partial charge in [0.2, 0.25) is 0 Å². The predicted octanol–water partition coefficient (Wildman–Crippen LogP) is 4.18. The van der Waals surface area contributed by atoms with Gasteiger partial charge < -0.3 is 24.6 Å². The number of guanidine groups is 1. The van der Waals surface area contributed by atoms with E-state index in [1.54, 1.807) is 7.11 Å². The fraction of sp³-hybridized carbons (Fsp3) is 0.480. The maximum Gasteiger partial charge on any atom is 0.194 e. The average Bonchev–Trinajstić information content (AvgIpc) is 3.31. The predicted molar refractivity (Wildman–Crippen MR) is 141 cm³/mol. The molecule has 2 saturated heterocycles. The first-order valence-corrected chi connectivity index (χ1v) is 11.4. The van der Waals surface area contributed by atoms with Gasteiger partial charge in [0, 0.05) is 57.5 Å². The fourth-order valence-corrected chi connectivity index (χ4v) is 4.43. The number of hydrogen-bond acceptors (Lipinski definition) is 4. The van der Waals surface area contributed by atoms with Crippen LogP contribution >= 0.6 is 24.0 Å². The van der Waals surface area contributed by atoms with E-state index in [1.807, 2.05) is 12.1 Å². The van der Waals surface area contributed by atoms with Crippen LogP contribution in [-0.2, 0) is 4.74 Å². The summed E-state index contributed by atoms with van der Waals surface area (Å²) in [4.78, 5) is 9.84. The van der Waals surface area contributed by atoms with Crippen molar-refractivity contribution in [1.29, 1.82) is 0 Å². The highest BCUT2D eigenvalue weighted by molar-refractivity contribution is 14.0. The SMILES string of the molecule is CCNC(=NCC1CCOC1c1ccccc1)N1CCN(c2ccc(OC)cc2)CC1.I. The first-order chi connectivity index (χ1) is 15.3. The summed E-state index contributed by atoms with van der Waals surface area (Å²) in [7, 11) is 1.70. The second-order valence-electron chi connectivity index (χ2n) is 8.12. The van der Waals surface area contributed by atoms with Crippen LogP contribution in [-0.4, -0.2) is 63.8 Å². The minimum atomic E-state index is 0. The summed E-state index contributed by atoms with van der Waals surface area (Å²) >= 11 is 0. The van der Waals surface area contributed by atoms with E-state index in [-0.39, 0.29) is 30.1 Å². The lowest BCUT2D eigenvalue weighted by Gasteiger charge is -2.38. The van der Waals surface area contributed by atoms with Gasteiger partial charge in [-0.3, -0.25) is 4.99 Å². The molecule has 2 aromatic carbocycles. The zero-order chi connectivity index (χ0) is 21.5. The number of rotatable bonds is 6. The van der Waals surface area contributed by atoms with Crippen molar-refractivity contribution in [2.75, 3.05) is 57.9 Å². The molecule has 0 bridgehead atoms. The second kappa shape index (κ2) is 12.3. The van der Waals surface area contributed by atoms with Gasteiger partial charge in [0.15, 0.2) is 5.96 Å². The lowest BCUT2D eigenvalue weighted by molar-refractivity contribution is 0.0925. The van der Waals surface area contributed by atoms with E-state index < -0.39 is 0 Å². The van der Waals surface area contributed by atoms with Crippen LogP contribution < -0.4 is 15.0 Å². The number of hydrogen-bond donors (Lipinski definition) is 1. The molecule has 6 nitrogen and oxygen atoms in total. The molecule has 174 valence electrons. The van der Waals surface area contributed by atoms with Crippen molar-refractivity contribution in [1.82, 2.24) is 10.2 Å². The molecule has 0 aromatic heterocycles. The minimum absolute atomic E-state index is 0. The third kappa shape index (κ3) is 6.07. The molecule has 0 aliphatic carbocycles. The van der Waals surface area contributed by atoms with E-state index in [4.69, 9.17) is 14.5 Å². The summed E-state index contributed by atoms with van der Waals surface area (Å²) in [6.45, 7) is 8.50. The molecule has 0 radical (unpaired) electrons. The number of ether oxygens (including phenoxy) is 2. The van der Waals surface area contributed by atoms with Crippen LogP contribution in [0.25, 0.3) is 0 Å². The van der Waals surface area contributed by atoms with Crippen LogP contribution in [0.2, 0.25) is 0 Å². The molecular formula is C25H35IN4O2. The van der Waals surface area contributed by atoms with E-state index in [9.17, 15) is 0 Å². The smallest absolute Gasteiger partial charge is 0.194 e. The molecular weight excluding hydrogens is 515 g/mol. The maximum absolute atomic E-state index is 6.05. The van der Waals surface area contributed by atoms with Crippen molar-refractivity contribution < 1.29 is 9.47 Å². The van der Waals surface area contributed by atoms with Crippen LogP contribution in [0.5, 0.6) is 5.75 Å². The monoisotopic (exact) mass is 550 g/mol. The summed E-state index contributed by atoms with van der Waals surface area (Å²) in [5, 5.41) is 3.50. The molecule has 4 rings (SSSR count). The highest BCUT2D eigenvalue weighted by atomic mass is 127. The molecule has 2 unspecified atom stereocenters. The van der Waals surface area contributed by atoms with Gasteiger partial charge in [0.05, 0.1) is 13.2 Å². The van der Waals surface area contributed by atoms with Gasteiger partial charge in [-0.15, -0.1) is 24.0 Å². The van der Waals surface area contributed by atoms with Crippen molar-refractivity contribution in [3.8, 4) is 5.75 Å². The molecule has 2 heterocycles. The average molecular weight is 550 g/mol. The summed E-state index contributed by atoms with van der Waals surface area (Å²) in [5.41, 5.74) is 2.51. The Morgan fingerprint density at radius 3 is 2.44 bits per heavy atom. The molecule has 2 atom stereocenters. The van der Waals surface area contributed by atoms with Crippen LogP contribution in [0.15, 0.2) is 59.6 Å². The quantitative estimate of drug-likeness (QED) is 0.333. The lowest BCUT2D eigenvalue weighted by Crippen LogP contribution is -2.52.